The normalized spacial score (nSPS) is 11.4. The third kappa shape index (κ3) is 3.14. The van der Waals surface area contributed by atoms with Crippen LogP contribution in [0.1, 0.15) is 21.9 Å². The van der Waals surface area contributed by atoms with Gasteiger partial charge in [0.1, 0.15) is 11.6 Å². The molecule has 2 aromatic carbocycles. The summed E-state index contributed by atoms with van der Waals surface area (Å²) in [4.78, 5) is 24.1. The highest BCUT2D eigenvalue weighted by Crippen LogP contribution is 2.26. The molecular weight excluding hydrogens is 416 g/mol. The monoisotopic (exact) mass is 434 g/mol. The molecule has 0 fully saturated rings. The van der Waals surface area contributed by atoms with E-state index in [2.05, 4.69) is 30.2 Å². The summed E-state index contributed by atoms with van der Waals surface area (Å²) in [7, 11) is 0. The molecule has 0 spiro atoms. The number of fused-ring (bicyclic) bond motifs is 2. The van der Waals surface area contributed by atoms with Gasteiger partial charge in [-0.2, -0.15) is 15.3 Å². The zero-order chi connectivity index (χ0) is 22.5. The van der Waals surface area contributed by atoms with E-state index in [1.165, 1.54) is 6.20 Å². The fourth-order valence-corrected chi connectivity index (χ4v) is 4.00. The summed E-state index contributed by atoms with van der Waals surface area (Å²) < 4.78 is 1.55. The molecule has 0 aliphatic heterocycles. The number of imidazole rings is 1. The minimum atomic E-state index is -0.227. The largest absolute Gasteiger partial charge is 0.383 e. The Morgan fingerprint density at radius 2 is 1.94 bits per heavy atom. The minimum absolute atomic E-state index is 0.227. The van der Waals surface area contributed by atoms with Crippen LogP contribution in [0.3, 0.4) is 0 Å². The molecule has 6 rings (SSSR count). The Balaban J connectivity index is 1.35. The van der Waals surface area contributed by atoms with Crippen LogP contribution < -0.4 is 5.73 Å². The van der Waals surface area contributed by atoms with Gasteiger partial charge >= 0.3 is 0 Å². The number of nitrogens with zero attached hydrogens (tertiary/aromatic N) is 5. The van der Waals surface area contributed by atoms with Crippen LogP contribution in [0, 0.1) is 6.92 Å². The summed E-state index contributed by atoms with van der Waals surface area (Å²) in [6, 6.07) is 17.1. The van der Waals surface area contributed by atoms with Crippen molar-refractivity contribution in [2.75, 3.05) is 5.73 Å². The van der Waals surface area contributed by atoms with E-state index in [1.807, 2.05) is 61.5 Å². The van der Waals surface area contributed by atoms with E-state index in [0.29, 0.717) is 11.3 Å². The smallest absolute Gasteiger partial charge is 0.214 e. The van der Waals surface area contributed by atoms with Gasteiger partial charge in [-0.1, -0.05) is 12.1 Å². The van der Waals surface area contributed by atoms with Crippen LogP contribution in [0.15, 0.2) is 67.0 Å². The number of anilines is 1. The van der Waals surface area contributed by atoms with Gasteiger partial charge < -0.3 is 15.7 Å². The van der Waals surface area contributed by atoms with Crippen molar-refractivity contribution in [3.63, 3.8) is 0 Å². The van der Waals surface area contributed by atoms with Gasteiger partial charge in [0.15, 0.2) is 0 Å². The van der Waals surface area contributed by atoms with E-state index in [0.717, 1.165) is 44.7 Å². The minimum Gasteiger partial charge on any atom is -0.383 e. The molecule has 0 saturated heterocycles. The van der Waals surface area contributed by atoms with Gasteiger partial charge in [0.25, 0.3) is 0 Å². The fourth-order valence-electron chi connectivity index (χ4n) is 4.00. The molecule has 9 nitrogen and oxygen atoms in total. The topological polar surface area (TPSA) is 131 Å². The van der Waals surface area contributed by atoms with Gasteiger partial charge in [0.05, 0.1) is 39.9 Å². The van der Waals surface area contributed by atoms with Crippen molar-refractivity contribution in [2.24, 2.45) is 0 Å². The molecule has 6 aromatic rings. The second-order valence-electron chi connectivity index (χ2n) is 7.80. The van der Waals surface area contributed by atoms with Crippen LogP contribution in [0.4, 0.5) is 5.82 Å². The molecule has 4 aromatic heterocycles. The van der Waals surface area contributed by atoms with E-state index in [4.69, 9.17) is 5.73 Å². The van der Waals surface area contributed by atoms with Crippen molar-refractivity contribution >= 4 is 33.5 Å². The third-order valence-electron chi connectivity index (χ3n) is 5.61. The lowest BCUT2D eigenvalue weighted by atomic mass is 10.1. The average molecular weight is 434 g/mol. The standard InChI is InChI=1S/C24H18N8O/c1-13-28-19-7-6-16(11-21(19)29-13)32-24(25)17(12-27-32)23(33)22-10-15-5-4-14(9-20(15)30-22)18-3-2-8-26-31-18/h2-12,30H,25H2,1H3,(H,28,29). The number of aromatic amines is 2. The number of nitrogen functional groups attached to an aromatic ring is 1. The van der Waals surface area contributed by atoms with Crippen molar-refractivity contribution in [3.05, 3.63) is 84.1 Å². The molecule has 0 radical (unpaired) electrons. The highest BCUT2D eigenvalue weighted by atomic mass is 16.1. The van der Waals surface area contributed by atoms with E-state index < -0.39 is 0 Å². The van der Waals surface area contributed by atoms with Crippen LogP contribution in [-0.4, -0.2) is 40.7 Å². The lowest BCUT2D eigenvalue weighted by Crippen LogP contribution is -2.07. The van der Waals surface area contributed by atoms with Crippen LogP contribution in [0.5, 0.6) is 0 Å². The van der Waals surface area contributed by atoms with Crippen molar-refractivity contribution in [2.45, 2.75) is 6.92 Å². The van der Waals surface area contributed by atoms with Crippen molar-refractivity contribution in [3.8, 4) is 16.9 Å². The molecule has 4 N–H and O–H groups in total. The van der Waals surface area contributed by atoms with Gasteiger partial charge in [0.2, 0.25) is 5.78 Å². The number of rotatable bonds is 4. The Kier molecular flexibility index (Phi) is 4.09. The van der Waals surface area contributed by atoms with Crippen molar-refractivity contribution < 1.29 is 4.79 Å². The number of nitrogens with two attached hydrogens (primary N) is 1. The average Bonchev–Trinajstić information content (AvgIpc) is 3.53. The lowest BCUT2D eigenvalue weighted by molar-refractivity contribution is 0.103. The number of carbonyl (C=O) groups is 1. The Labute approximate surface area is 187 Å². The summed E-state index contributed by atoms with van der Waals surface area (Å²) in [5.41, 5.74) is 12.1. The number of benzene rings is 2. The highest BCUT2D eigenvalue weighted by molar-refractivity contribution is 6.12. The number of ketones is 1. The molecule has 9 heteroatoms. The number of hydrogen-bond acceptors (Lipinski definition) is 6. The van der Waals surface area contributed by atoms with Gasteiger partial charge in [-0.25, -0.2) is 9.67 Å². The van der Waals surface area contributed by atoms with Gasteiger partial charge in [-0.15, -0.1) is 0 Å². The van der Waals surface area contributed by atoms with E-state index in [-0.39, 0.29) is 11.6 Å². The molecule has 0 unspecified atom stereocenters. The molecule has 0 aliphatic rings. The van der Waals surface area contributed by atoms with Crippen molar-refractivity contribution in [1.29, 1.82) is 0 Å². The summed E-state index contributed by atoms with van der Waals surface area (Å²) in [5, 5.41) is 13.3. The SMILES string of the molecule is Cc1nc2ccc(-n3ncc(C(=O)c4cc5ccc(-c6cccnn6)cc5[nH]4)c3N)cc2[nH]1. The molecule has 0 atom stereocenters. The Morgan fingerprint density at radius 3 is 2.79 bits per heavy atom. The molecular formula is C24H18N8O. The third-order valence-corrected chi connectivity index (χ3v) is 5.61. The summed E-state index contributed by atoms with van der Waals surface area (Å²) in [5.74, 6) is 0.872. The van der Waals surface area contributed by atoms with Gasteiger partial charge in [0, 0.05) is 22.7 Å². The number of aryl methyl sites for hydroxylation is 1. The lowest BCUT2D eigenvalue weighted by Gasteiger charge is -2.05. The Hall–Kier alpha value is -4.79. The zero-order valence-electron chi connectivity index (χ0n) is 17.6. The van der Waals surface area contributed by atoms with Crippen LogP contribution >= 0.6 is 0 Å². The molecule has 0 aliphatic carbocycles. The van der Waals surface area contributed by atoms with E-state index in [9.17, 15) is 4.79 Å². The first-order valence-corrected chi connectivity index (χ1v) is 10.3. The first-order valence-electron chi connectivity index (χ1n) is 10.3. The molecule has 0 saturated carbocycles. The second-order valence-corrected chi connectivity index (χ2v) is 7.80. The number of carbonyl (C=O) groups excluding carboxylic acids is 1. The fraction of sp³-hybridized carbons (Fsp3) is 0.0417. The first-order chi connectivity index (χ1) is 16.1. The first kappa shape index (κ1) is 18.9. The summed E-state index contributed by atoms with van der Waals surface area (Å²) >= 11 is 0. The Morgan fingerprint density at radius 1 is 1.03 bits per heavy atom. The number of H-pyrrole nitrogens is 2. The maximum absolute atomic E-state index is 13.2. The molecule has 33 heavy (non-hydrogen) atoms. The molecule has 4 heterocycles. The van der Waals surface area contributed by atoms with Gasteiger partial charge in [-0.05, 0) is 49.4 Å². The maximum atomic E-state index is 13.2. The summed E-state index contributed by atoms with van der Waals surface area (Å²) in [6.45, 7) is 1.90. The number of aromatic nitrogens is 7. The van der Waals surface area contributed by atoms with Crippen molar-refractivity contribution in [1.82, 2.24) is 34.9 Å². The predicted molar refractivity (Wildman–Crippen MR) is 125 cm³/mol. The summed E-state index contributed by atoms with van der Waals surface area (Å²) in [6.07, 6.45) is 3.13. The number of hydrogen-bond donors (Lipinski definition) is 3. The highest BCUT2D eigenvalue weighted by Gasteiger charge is 2.20. The number of nitrogens with one attached hydrogen (secondary N) is 2. The molecule has 0 bridgehead atoms. The van der Waals surface area contributed by atoms with Crippen LogP contribution in [0.2, 0.25) is 0 Å². The quantitative estimate of drug-likeness (QED) is 0.362. The van der Waals surface area contributed by atoms with Gasteiger partial charge in [-0.3, -0.25) is 4.79 Å². The molecule has 0 amide bonds. The van der Waals surface area contributed by atoms with E-state index >= 15 is 0 Å². The zero-order valence-corrected chi connectivity index (χ0v) is 17.6. The van der Waals surface area contributed by atoms with E-state index in [1.54, 1.807) is 10.9 Å². The predicted octanol–water partition coefficient (Wildman–Crippen LogP) is 3.81. The van der Waals surface area contributed by atoms with Crippen LogP contribution in [-0.2, 0) is 0 Å². The Bertz CT molecular complexity index is 1660. The second kappa shape index (κ2) is 7.13. The maximum Gasteiger partial charge on any atom is 0.214 e. The van der Waals surface area contributed by atoms with Crippen LogP contribution in [0.25, 0.3) is 38.9 Å². The molecule has 160 valence electrons.